The number of nitrogens with zero attached hydrogens (tertiary/aromatic N) is 2. The first-order valence-electron chi connectivity index (χ1n) is 6.33. The van der Waals surface area contributed by atoms with Crippen LogP contribution < -0.4 is 0 Å². The summed E-state index contributed by atoms with van der Waals surface area (Å²) in [6.07, 6.45) is 6.61. The van der Waals surface area contributed by atoms with Gasteiger partial charge in [-0.1, -0.05) is 24.4 Å². The minimum Gasteiger partial charge on any atom is -0.461 e. The van der Waals surface area contributed by atoms with E-state index in [-0.39, 0.29) is 0 Å². The number of aryl methyl sites for hydroxylation is 1. The fourth-order valence-corrected chi connectivity index (χ4v) is 2.76. The van der Waals surface area contributed by atoms with Gasteiger partial charge in [-0.05, 0) is 37.5 Å². The molecule has 94 valence electrons. The molecule has 0 aliphatic heterocycles. The molecule has 0 aromatic carbocycles. The van der Waals surface area contributed by atoms with Crippen LogP contribution in [0.25, 0.3) is 11.6 Å². The highest BCUT2D eigenvalue weighted by Gasteiger charge is 2.21. The predicted molar refractivity (Wildman–Crippen MR) is 70.7 cm³/mol. The second-order valence-electron chi connectivity index (χ2n) is 4.85. The Morgan fingerprint density at radius 2 is 2.06 bits per heavy atom. The lowest BCUT2D eigenvalue weighted by Gasteiger charge is -2.09. The van der Waals surface area contributed by atoms with Crippen LogP contribution in [0, 0.1) is 6.92 Å². The average molecular weight is 263 g/mol. The van der Waals surface area contributed by atoms with Crippen LogP contribution in [0.3, 0.4) is 0 Å². The topological polar surface area (TPSA) is 38.9 Å². The first kappa shape index (κ1) is 11.7. The summed E-state index contributed by atoms with van der Waals surface area (Å²) >= 11 is 6.10. The summed E-state index contributed by atoms with van der Waals surface area (Å²) in [6.45, 7) is 1.98. The predicted octanol–water partition coefficient (Wildman–Crippen LogP) is 4.36. The van der Waals surface area contributed by atoms with Gasteiger partial charge in [-0.3, -0.25) is 0 Å². The van der Waals surface area contributed by atoms with E-state index in [1.54, 1.807) is 6.26 Å². The molecule has 0 bridgehead atoms. The molecule has 2 aromatic rings. The van der Waals surface area contributed by atoms with Crippen molar-refractivity contribution in [3.05, 3.63) is 34.8 Å². The second-order valence-corrected chi connectivity index (χ2v) is 5.24. The van der Waals surface area contributed by atoms with Gasteiger partial charge in [-0.15, -0.1) is 0 Å². The summed E-state index contributed by atoms with van der Waals surface area (Å²) in [5.74, 6) is 1.85. The molecule has 0 saturated heterocycles. The van der Waals surface area contributed by atoms with Gasteiger partial charge in [0.15, 0.2) is 11.6 Å². The van der Waals surface area contributed by atoms with Crippen LogP contribution in [-0.4, -0.2) is 9.97 Å². The summed E-state index contributed by atoms with van der Waals surface area (Å²) in [5, 5.41) is 0.498. The molecular weight excluding hydrogens is 248 g/mol. The van der Waals surface area contributed by atoms with E-state index in [2.05, 4.69) is 9.97 Å². The maximum atomic E-state index is 6.10. The number of furan rings is 1. The van der Waals surface area contributed by atoms with Crippen molar-refractivity contribution in [2.75, 3.05) is 0 Å². The number of aromatic nitrogens is 2. The van der Waals surface area contributed by atoms with Gasteiger partial charge in [-0.2, -0.15) is 0 Å². The van der Waals surface area contributed by atoms with Gasteiger partial charge in [0.2, 0.25) is 0 Å². The molecule has 0 atom stereocenters. The van der Waals surface area contributed by atoms with Crippen LogP contribution in [0.2, 0.25) is 5.15 Å². The van der Waals surface area contributed by atoms with E-state index >= 15 is 0 Å². The summed E-state index contributed by atoms with van der Waals surface area (Å²) in [5.41, 5.74) is 2.09. The Kier molecular flexibility index (Phi) is 3.08. The SMILES string of the molecule is Cc1ccoc1-c1nc(Cl)cc(C2CCCC2)n1. The van der Waals surface area contributed by atoms with Gasteiger partial charge < -0.3 is 4.42 Å². The molecule has 3 nitrogen and oxygen atoms in total. The Bertz CT molecular complexity index is 559. The molecule has 1 aliphatic rings. The smallest absolute Gasteiger partial charge is 0.197 e. The first-order valence-corrected chi connectivity index (χ1v) is 6.71. The number of halogens is 1. The highest BCUT2D eigenvalue weighted by molar-refractivity contribution is 6.29. The minimum atomic E-state index is 0.498. The zero-order valence-corrected chi connectivity index (χ0v) is 11.1. The number of rotatable bonds is 2. The van der Waals surface area contributed by atoms with Gasteiger partial charge in [0.1, 0.15) is 5.15 Å². The molecule has 1 fully saturated rings. The van der Waals surface area contributed by atoms with Crippen LogP contribution >= 0.6 is 11.6 Å². The molecular formula is C14H15ClN2O. The summed E-state index contributed by atoms with van der Waals surface area (Å²) < 4.78 is 5.44. The second kappa shape index (κ2) is 4.73. The van der Waals surface area contributed by atoms with Crippen molar-refractivity contribution >= 4 is 11.6 Å². The van der Waals surface area contributed by atoms with E-state index in [1.165, 1.54) is 25.7 Å². The van der Waals surface area contributed by atoms with Crippen molar-refractivity contribution in [3.63, 3.8) is 0 Å². The summed E-state index contributed by atoms with van der Waals surface area (Å²) in [7, 11) is 0. The van der Waals surface area contributed by atoms with E-state index in [9.17, 15) is 0 Å². The van der Waals surface area contributed by atoms with Gasteiger partial charge in [0.05, 0.1) is 6.26 Å². The highest BCUT2D eigenvalue weighted by atomic mass is 35.5. The Balaban J connectivity index is 2.03. The third kappa shape index (κ3) is 2.15. The molecule has 2 aromatic heterocycles. The average Bonchev–Trinajstić information content (AvgIpc) is 2.98. The fourth-order valence-electron chi connectivity index (χ4n) is 2.57. The Morgan fingerprint density at radius 1 is 1.28 bits per heavy atom. The standard InChI is InChI=1S/C14H15ClN2O/c1-9-6-7-18-13(9)14-16-11(8-12(15)17-14)10-4-2-3-5-10/h6-8,10H,2-5H2,1H3. The van der Waals surface area contributed by atoms with E-state index in [0.29, 0.717) is 16.9 Å². The third-order valence-corrected chi connectivity index (χ3v) is 3.75. The van der Waals surface area contributed by atoms with Gasteiger partial charge in [0.25, 0.3) is 0 Å². The van der Waals surface area contributed by atoms with Crippen LogP contribution in [0.15, 0.2) is 22.8 Å². The molecule has 0 radical (unpaired) electrons. The molecule has 2 heterocycles. The summed E-state index contributed by atoms with van der Waals surface area (Å²) in [4.78, 5) is 8.90. The number of hydrogen-bond donors (Lipinski definition) is 0. The van der Waals surface area contributed by atoms with E-state index in [4.69, 9.17) is 16.0 Å². The zero-order chi connectivity index (χ0) is 12.5. The molecule has 0 spiro atoms. The molecule has 4 heteroatoms. The van der Waals surface area contributed by atoms with Gasteiger partial charge >= 0.3 is 0 Å². The lowest BCUT2D eigenvalue weighted by molar-refractivity contribution is 0.574. The molecule has 3 rings (SSSR count). The lowest BCUT2D eigenvalue weighted by Crippen LogP contribution is -2.00. The van der Waals surface area contributed by atoms with Crippen LogP contribution in [0.4, 0.5) is 0 Å². The minimum absolute atomic E-state index is 0.498. The van der Waals surface area contributed by atoms with Crippen molar-refractivity contribution < 1.29 is 4.42 Å². The largest absolute Gasteiger partial charge is 0.461 e. The van der Waals surface area contributed by atoms with Crippen molar-refractivity contribution in [3.8, 4) is 11.6 Å². The van der Waals surface area contributed by atoms with Crippen molar-refractivity contribution in [1.29, 1.82) is 0 Å². The quantitative estimate of drug-likeness (QED) is 0.755. The monoisotopic (exact) mass is 262 g/mol. The molecule has 1 saturated carbocycles. The lowest BCUT2D eigenvalue weighted by atomic mass is 10.0. The van der Waals surface area contributed by atoms with Crippen LogP contribution in [0.1, 0.15) is 42.9 Å². The molecule has 0 unspecified atom stereocenters. The first-order chi connectivity index (χ1) is 8.74. The van der Waals surface area contributed by atoms with E-state index < -0.39 is 0 Å². The third-order valence-electron chi connectivity index (χ3n) is 3.55. The maximum Gasteiger partial charge on any atom is 0.197 e. The molecule has 1 aliphatic carbocycles. The Labute approximate surface area is 111 Å². The van der Waals surface area contributed by atoms with E-state index in [1.807, 2.05) is 19.1 Å². The summed E-state index contributed by atoms with van der Waals surface area (Å²) in [6, 6.07) is 3.80. The highest BCUT2D eigenvalue weighted by Crippen LogP contribution is 2.34. The molecule has 0 N–H and O–H groups in total. The fraction of sp³-hybridized carbons (Fsp3) is 0.429. The van der Waals surface area contributed by atoms with Gasteiger partial charge in [-0.25, -0.2) is 9.97 Å². The van der Waals surface area contributed by atoms with Crippen molar-refractivity contribution in [2.45, 2.75) is 38.5 Å². The normalized spacial score (nSPS) is 16.3. The molecule has 0 amide bonds. The Morgan fingerprint density at radius 3 is 2.72 bits per heavy atom. The zero-order valence-electron chi connectivity index (χ0n) is 10.3. The van der Waals surface area contributed by atoms with E-state index in [0.717, 1.165) is 17.0 Å². The van der Waals surface area contributed by atoms with Crippen LogP contribution in [0.5, 0.6) is 0 Å². The Hall–Kier alpha value is -1.35. The van der Waals surface area contributed by atoms with Gasteiger partial charge in [0, 0.05) is 11.6 Å². The number of hydrogen-bond acceptors (Lipinski definition) is 3. The maximum absolute atomic E-state index is 6.10. The van der Waals surface area contributed by atoms with Crippen molar-refractivity contribution in [1.82, 2.24) is 9.97 Å². The van der Waals surface area contributed by atoms with Crippen LogP contribution in [-0.2, 0) is 0 Å². The molecule has 18 heavy (non-hydrogen) atoms. The van der Waals surface area contributed by atoms with Crippen molar-refractivity contribution in [2.24, 2.45) is 0 Å².